The number of rotatable bonds is 7. The van der Waals surface area contributed by atoms with E-state index in [9.17, 15) is 18.4 Å². The molecule has 1 heterocycles. The Morgan fingerprint density at radius 1 is 1.03 bits per heavy atom. The number of nitrogens with one attached hydrogen (secondary N) is 1. The van der Waals surface area contributed by atoms with Gasteiger partial charge in [0.05, 0.1) is 13.0 Å². The summed E-state index contributed by atoms with van der Waals surface area (Å²) >= 11 is 0. The third kappa shape index (κ3) is 5.42. The van der Waals surface area contributed by atoms with Gasteiger partial charge in [-0.1, -0.05) is 36.4 Å². The van der Waals surface area contributed by atoms with E-state index in [2.05, 4.69) is 5.32 Å². The van der Waals surface area contributed by atoms with Gasteiger partial charge >= 0.3 is 12.0 Å². The molecule has 0 spiro atoms. The Morgan fingerprint density at radius 3 is 2.54 bits per heavy atom. The second-order valence-corrected chi connectivity index (χ2v) is 8.31. The van der Waals surface area contributed by atoms with Gasteiger partial charge in [0, 0.05) is 30.8 Å². The first-order valence-corrected chi connectivity index (χ1v) is 11.4. The lowest BCUT2D eigenvalue weighted by atomic mass is 9.90. The van der Waals surface area contributed by atoms with Gasteiger partial charge in [0.2, 0.25) is 0 Å². The van der Waals surface area contributed by atoms with Crippen LogP contribution in [0.1, 0.15) is 29.2 Å². The molecule has 3 aromatic carbocycles. The molecule has 0 radical (unpaired) electrons. The van der Waals surface area contributed by atoms with Crippen molar-refractivity contribution in [2.75, 3.05) is 13.2 Å². The zero-order chi connectivity index (χ0) is 24.9. The first-order valence-electron chi connectivity index (χ1n) is 11.4. The number of carboxylic acid groups (broad SMARTS) is 1. The molecule has 1 aliphatic heterocycles. The number of hydrogen-bond donors (Lipinski definition) is 2. The molecule has 4 rings (SSSR count). The van der Waals surface area contributed by atoms with E-state index >= 15 is 0 Å². The highest BCUT2D eigenvalue weighted by molar-refractivity contribution is 5.79. The van der Waals surface area contributed by atoms with E-state index in [1.54, 1.807) is 47.4 Å². The SMILES string of the molecule is CCOc1cc(CC(=O)O)ccc1-c1ccc(F)c2c1CN(C(=O)NCc1ccccc1F)CC2. The Morgan fingerprint density at radius 2 is 1.80 bits per heavy atom. The molecule has 182 valence electrons. The highest BCUT2D eigenvalue weighted by atomic mass is 19.1. The Balaban J connectivity index is 1.62. The number of ether oxygens (including phenoxy) is 1. The summed E-state index contributed by atoms with van der Waals surface area (Å²) in [7, 11) is 0. The predicted octanol–water partition coefficient (Wildman–Crippen LogP) is 4.93. The van der Waals surface area contributed by atoms with Crippen molar-refractivity contribution < 1.29 is 28.2 Å². The van der Waals surface area contributed by atoms with Crippen LogP contribution in [0.25, 0.3) is 11.1 Å². The van der Waals surface area contributed by atoms with Gasteiger partial charge in [-0.2, -0.15) is 0 Å². The maximum Gasteiger partial charge on any atom is 0.317 e. The summed E-state index contributed by atoms with van der Waals surface area (Å²) in [6, 6.07) is 14.1. The molecule has 0 saturated carbocycles. The van der Waals surface area contributed by atoms with Gasteiger partial charge in [-0.15, -0.1) is 0 Å². The van der Waals surface area contributed by atoms with Crippen LogP contribution in [-0.4, -0.2) is 35.2 Å². The number of hydrogen-bond acceptors (Lipinski definition) is 3. The highest BCUT2D eigenvalue weighted by Crippen LogP contribution is 2.38. The number of carboxylic acids is 1. The lowest BCUT2D eigenvalue weighted by Gasteiger charge is -2.31. The predicted molar refractivity (Wildman–Crippen MR) is 127 cm³/mol. The van der Waals surface area contributed by atoms with Crippen LogP contribution in [-0.2, 0) is 30.7 Å². The van der Waals surface area contributed by atoms with Crippen molar-refractivity contribution in [2.24, 2.45) is 0 Å². The van der Waals surface area contributed by atoms with Crippen LogP contribution in [0.3, 0.4) is 0 Å². The van der Waals surface area contributed by atoms with Gasteiger partial charge in [0.1, 0.15) is 17.4 Å². The van der Waals surface area contributed by atoms with E-state index in [0.29, 0.717) is 53.1 Å². The van der Waals surface area contributed by atoms with E-state index in [1.165, 1.54) is 12.1 Å². The molecule has 2 amide bonds. The smallest absolute Gasteiger partial charge is 0.317 e. The summed E-state index contributed by atoms with van der Waals surface area (Å²) in [5.74, 6) is -1.18. The fraction of sp³-hybridized carbons (Fsp3) is 0.259. The third-order valence-electron chi connectivity index (χ3n) is 6.02. The van der Waals surface area contributed by atoms with Gasteiger partial charge in [0.15, 0.2) is 0 Å². The van der Waals surface area contributed by atoms with E-state index in [4.69, 9.17) is 9.84 Å². The molecule has 0 unspecified atom stereocenters. The quantitative estimate of drug-likeness (QED) is 0.503. The van der Waals surface area contributed by atoms with Crippen LogP contribution in [0, 0.1) is 11.6 Å². The van der Waals surface area contributed by atoms with Crippen LogP contribution >= 0.6 is 0 Å². The summed E-state index contributed by atoms with van der Waals surface area (Å²) in [6.07, 6.45) is 0.195. The minimum atomic E-state index is -0.948. The second-order valence-electron chi connectivity index (χ2n) is 8.31. The number of aliphatic carboxylic acids is 1. The van der Waals surface area contributed by atoms with Gasteiger partial charge < -0.3 is 20.1 Å². The molecule has 1 aliphatic rings. The molecule has 2 N–H and O–H groups in total. The third-order valence-corrected chi connectivity index (χ3v) is 6.02. The molecule has 6 nitrogen and oxygen atoms in total. The average molecular weight is 481 g/mol. The Bertz CT molecular complexity index is 1260. The molecule has 0 aliphatic carbocycles. The number of amides is 2. The fourth-order valence-corrected chi connectivity index (χ4v) is 4.33. The standard InChI is InChI=1S/C27H26F2N2O4/c1-2-35-25-13-17(14-26(32)33)7-8-21(25)19-9-10-24(29)20-11-12-31(16-22(19)20)27(34)30-15-18-5-3-4-6-23(18)28/h3-10,13H,2,11-12,14-16H2,1H3,(H,30,34)(H,32,33). The van der Waals surface area contributed by atoms with Gasteiger partial charge in [0.25, 0.3) is 0 Å². The van der Waals surface area contributed by atoms with Crippen LogP contribution in [0.5, 0.6) is 5.75 Å². The van der Waals surface area contributed by atoms with Gasteiger partial charge in [-0.05, 0) is 53.8 Å². The van der Waals surface area contributed by atoms with Crippen molar-refractivity contribution in [3.05, 3.63) is 88.5 Å². The van der Waals surface area contributed by atoms with Crippen molar-refractivity contribution >= 4 is 12.0 Å². The molecular weight excluding hydrogens is 454 g/mol. The Labute approximate surface area is 202 Å². The number of nitrogens with zero attached hydrogens (tertiary/aromatic N) is 1. The molecular formula is C27H26F2N2O4. The van der Waals surface area contributed by atoms with E-state index in [-0.39, 0.29) is 31.4 Å². The molecule has 3 aromatic rings. The summed E-state index contributed by atoms with van der Waals surface area (Å²) in [6.45, 7) is 2.75. The maximum absolute atomic E-state index is 14.7. The lowest BCUT2D eigenvalue weighted by Crippen LogP contribution is -2.43. The average Bonchev–Trinajstić information content (AvgIpc) is 2.84. The van der Waals surface area contributed by atoms with Gasteiger partial charge in [-0.3, -0.25) is 4.79 Å². The lowest BCUT2D eigenvalue weighted by molar-refractivity contribution is -0.136. The summed E-state index contributed by atoms with van der Waals surface area (Å²) < 4.78 is 34.4. The zero-order valence-corrected chi connectivity index (χ0v) is 19.3. The van der Waals surface area contributed by atoms with E-state index in [0.717, 1.165) is 5.56 Å². The monoisotopic (exact) mass is 480 g/mol. The topological polar surface area (TPSA) is 78.9 Å². The van der Waals surface area contributed by atoms with Crippen LogP contribution in [0.2, 0.25) is 0 Å². The molecule has 0 saturated heterocycles. The summed E-state index contributed by atoms with van der Waals surface area (Å²) in [5, 5.41) is 11.9. The highest BCUT2D eigenvalue weighted by Gasteiger charge is 2.26. The molecule has 0 aromatic heterocycles. The Hall–Kier alpha value is -3.94. The summed E-state index contributed by atoms with van der Waals surface area (Å²) in [5.41, 5.74) is 3.61. The van der Waals surface area contributed by atoms with Crippen molar-refractivity contribution in [1.29, 1.82) is 0 Å². The van der Waals surface area contributed by atoms with E-state index < -0.39 is 11.8 Å². The van der Waals surface area contributed by atoms with Crippen molar-refractivity contribution in [3.8, 4) is 16.9 Å². The van der Waals surface area contributed by atoms with Gasteiger partial charge in [-0.25, -0.2) is 13.6 Å². The first-order chi connectivity index (χ1) is 16.9. The normalized spacial score (nSPS) is 12.7. The minimum absolute atomic E-state index is 0.0460. The fourth-order valence-electron chi connectivity index (χ4n) is 4.33. The van der Waals surface area contributed by atoms with Crippen LogP contribution < -0.4 is 10.1 Å². The molecule has 35 heavy (non-hydrogen) atoms. The Kier molecular flexibility index (Phi) is 7.29. The number of urea groups is 1. The number of benzene rings is 3. The van der Waals surface area contributed by atoms with Crippen molar-refractivity contribution in [3.63, 3.8) is 0 Å². The first kappa shape index (κ1) is 24.2. The number of carbonyl (C=O) groups is 2. The largest absolute Gasteiger partial charge is 0.493 e. The maximum atomic E-state index is 14.7. The number of fused-ring (bicyclic) bond motifs is 1. The zero-order valence-electron chi connectivity index (χ0n) is 19.3. The van der Waals surface area contributed by atoms with E-state index in [1.807, 2.05) is 6.92 Å². The number of halogens is 2. The van der Waals surface area contributed by atoms with Crippen molar-refractivity contribution in [2.45, 2.75) is 32.9 Å². The molecule has 0 fully saturated rings. The van der Waals surface area contributed by atoms with Crippen molar-refractivity contribution in [1.82, 2.24) is 10.2 Å². The molecule has 8 heteroatoms. The molecule has 0 bridgehead atoms. The summed E-state index contributed by atoms with van der Waals surface area (Å²) in [4.78, 5) is 25.6. The number of carbonyl (C=O) groups excluding carboxylic acids is 1. The molecule has 0 atom stereocenters. The minimum Gasteiger partial charge on any atom is -0.493 e. The van der Waals surface area contributed by atoms with Crippen LogP contribution in [0.4, 0.5) is 13.6 Å². The second kappa shape index (κ2) is 10.5. The van der Waals surface area contributed by atoms with Crippen LogP contribution in [0.15, 0.2) is 54.6 Å².